The predicted molar refractivity (Wildman–Crippen MR) is 90.8 cm³/mol. The van der Waals surface area contributed by atoms with Gasteiger partial charge in [-0.15, -0.1) is 0 Å². The van der Waals surface area contributed by atoms with Gasteiger partial charge in [0.1, 0.15) is 11.3 Å². The van der Waals surface area contributed by atoms with E-state index >= 15 is 0 Å². The number of hydrogen-bond donors (Lipinski definition) is 1. The number of nitrogens with one attached hydrogen (secondary N) is 1. The molecule has 1 aromatic carbocycles. The molecule has 1 N–H and O–H groups in total. The van der Waals surface area contributed by atoms with Gasteiger partial charge in [-0.2, -0.15) is 0 Å². The minimum absolute atomic E-state index is 0.0873. The van der Waals surface area contributed by atoms with Crippen LogP contribution in [-0.4, -0.2) is 6.54 Å². The summed E-state index contributed by atoms with van der Waals surface area (Å²) in [4.78, 5) is 0. The summed E-state index contributed by atoms with van der Waals surface area (Å²) in [7, 11) is 0. The first-order valence-electron chi connectivity index (χ1n) is 7.91. The average molecular weight is 287 g/mol. The van der Waals surface area contributed by atoms with E-state index in [-0.39, 0.29) is 16.9 Å². The van der Waals surface area contributed by atoms with Gasteiger partial charge in [-0.1, -0.05) is 66.7 Å². The molecular weight excluding hydrogens is 258 g/mol. The fraction of sp³-hybridized carbons (Fsp3) is 0.579. The molecule has 0 saturated heterocycles. The van der Waals surface area contributed by atoms with Crippen molar-refractivity contribution in [1.29, 1.82) is 0 Å². The summed E-state index contributed by atoms with van der Waals surface area (Å²) in [5.41, 5.74) is 2.51. The Balaban J connectivity index is 2.57. The molecule has 1 unspecified atom stereocenters. The lowest BCUT2D eigenvalue weighted by Crippen LogP contribution is -2.31. The third kappa shape index (κ3) is 3.32. The van der Waals surface area contributed by atoms with Gasteiger partial charge in [0.05, 0.1) is 6.04 Å². The van der Waals surface area contributed by atoms with Crippen LogP contribution in [0.25, 0.3) is 11.0 Å². The van der Waals surface area contributed by atoms with Crippen molar-refractivity contribution in [2.24, 2.45) is 5.41 Å². The van der Waals surface area contributed by atoms with Crippen molar-refractivity contribution in [1.82, 2.24) is 5.32 Å². The van der Waals surface area contributed by atoms with Gasteiger partial charge in [-0.3, -0.25) is 0 Å². The Morgan fingerprint density at radius 1 is 1.10 bits per heavy atom. The van der Waals surface area contributed by atoms with Gasteiger partial charge in [0.25, 0.3) is 0 Å². The summed E-state index contributed by atoms with van der Waals surface area (Å²) in [6.45, 7) is 16.5. The van der Waals surface area contributed by atoms with Crippen molar-refractivity contribution >= 4 is 11.0 Å². The first-order valence-corrected chi connectivity index (χ1v) is 7.91. The van der Waals surface area contributed by atoms with Crippen LogP contribution in [0.15, 0.2) is 28.7 Å². The molecule has 0 amide bonds. The predicted octanol–water partition coefficient (Wildman–Crippen LogP) is 5.43. The van der Waals surface area contributed by atoms with Crippen molar-refractivity contribution in [3.63, 3.8) is 0 Å². The molecule has 0 saturated carbocycles. The minimum Gasteiger partial charge on any atom is -0.459 e. The number of hydrogen-bond acceptors (Lipinski definition) is 2. The maximum atomic E-state index is 6.30. The SMILES string of the molecule is CCNC(c1cc2cccc(C(C)(C)C)c2o1)C(C)(C)C. The number of benzene rings is 1. The number of rotatable bonds is 3. The van der Waals surface area contributed by atoms with E-state index in [1.807, 2.05) is 0 Å². The van der Waals surface area contributed by atoms with Crippen LogP contribution in [0, 0.1) is 5.41 Å². The summed E-state index contributed by atoms with van der Waals surface area (Å²) in [5.74, 6) is 1.04. The smallest absolute Gasteiger partial charge is 0.138 e. The normalized spacial score (nSPS) is 14.6. The first-order chi connectivity index (χ1) is 9.64. The number of para-hydroxylation sites is 1. The van der Waals surface area contributed by atoms with E-state index in [1.54, 1.807) is 0 Å². The lowest BCUT2D eigenvalue weighted by Gasteiger charge is -2.29. The van der Waals surface area contributed by atoms with Gasteiger partial charge < -0.3 is 9.73 Å². The lowest BCUT2D eigenvalue weighted by atomic mass is 9.85. The molecule has 2 nitrogen and oxygen atoms in total. The molecule has 2 rings (SSSR count). The molecule has 116 valence electrons. The second kappa shape index (κ2) is 5.49. The standard InChI is InChI=1S/C19H29NO/c1-8-20-17(19(5,6)7)15-12-13-10-9-11-14(16(13)21-15)18(2,3)4/h9-12,17,20H,8H2,1-7H3. The van der Waals surface area contributed by atoms with Crippen LogP contribution in [0.3, 0.4) is 0 Å². The van der Waals surface area contributed by atoms with E-state index in [0.29, 0.717) is 0 Å². The molecule has 0 aliphatic heterocycles. The van der Waals surface area contributed by atoms with E-state index in [9.17, 15) is 0 Å². The van der Waals surface area contributed by atoms with Crippen LogP contribution in [0.5, 0.6) is 0 Å². The molecule has 0 spiro atoms. The van der Waals surface area contributed by atoms with Gasteiger partial charge in [-0.25, -0.2) is 0 Å². The second-order valence-corrected chi connectivity index (χ2v) is 7.98. The molecule has 1 atom stereocenters. The molecule has 0 fully saturated rings. The van der Waals surface area contributed by atoms with Crippen LogP contribution in [0.4, 0.5) is 0 Å². The first kappa shape index (κ1) is 16.1. The Bertz CT molecular complexity index is 611. The van der Waals surface area contributed by atoms with Gasteiger partial charge in [0, 0.05) is 10.9 Å². The number of furan rings is 1. The quantitative estimate of drug-likeness (QED) is 0.814. The molecule has 0 aliphatic rings. The Labute approximate surface area is 128 Å². The molecule has 1 aromatic heterocycles. The van der Waals surface area contributed by atoms with Crippen molar-refractivity contribution in [3.8, 4) is 0 Å². The van der Waals surface area contributed by atoms with Crippen molar-refractivity contribution in [2.45, 2.75) is 59.9 Å². The maximum Gasteiger partial charge on any atom is 0.138 e. The third-order valence-electron chi connectivity index (χ3n) is 3.93. The van der Waals surface area contributed by atoms with Crippen LogP contribution in [-0.2, 0) is 5.41 Å². The fourth-order valence-electron chi connectivity index (χ4n) is 2.85. The average Bonchev–Trinajstić information content (AvgIpc) is 2.75. The zero-order valence-corrected chi connectivity index (χ0v) is 14.5. The van der Waals surface area contributed by atoms with E-state index < -0.39 is 0 Å². The minimum atomic E-state index is 0.0873. The van der Waals surface area contributed by atoms with E-state index in [4.69, 9.17) is 4.42 Å². The Morgan fingerprint density at radius 2 is 1.76 bits per heavy atom. The summed E-state index contributed by atoms with van der Waals surface area (Å²) >= 11 is 0. The van der Waals surface area contributed by atoms with Crippen LogP contribution in [0.2, 0.25) is 0 Å². The molecule has 2 heteroatoms. The topological polar surface area (TPSA) is 25.2 Å². The van der Waals surface area contributed by atoms with Gasteiger partial charge in [0.2, 0.25) is 0 Å². The largest absolute Gasteiger partial charge is 0.459 e. The summed E-state index contributed by atoms with van der Waals surface area (Å²) in [6.07, 6.45) is 0. The maximum absolute atomic E-state index is 6.30. The number of fused-ring (bicyclic) bond motifs is 1. The molecule has 0 radical (unpaired) electrons. The monoisotopic (exact) mass is 287 g/mol. The Hall–Kier alpha value is -1.28. The van der Waals surface area contributed by atoms with Crippen LogP contribution in [0.1, 0.15) is 65.8 Å². The fourth-order valence-corrected chi connectivity index (χ4v) is 2.85. The van der Waals surface area contributed by atoms with E-state index in [1.165, 1.54) is 10.9 Å². The van der Waals surface area contributed by atoms with Crippen LogP contribution >= 0.6 is 0 Å². The van der Waals surface area contributed by atoms with Gasteiger partial charge in [-0.05, 0) is 23.4 Å². The van der Waals surface area contributed by atoms with Gasteiger partial charge in [0.15, 0.2) is 0 Å². The second-order valence-electron chi connectivity index (χ2n) is 7.98. The summed E-state index contributed by atoms with van der Waals surface area (Å²) in [5, 5.41) is 4.76. The van der Waals surface area contributed by atoms with Crippen molar-refractivity contribution < 1.29 is 4.42 Å². The lowest BCUT2D eigenvalue weighted by molar-refractivity contribution is 0.244. The van der Waals surface area contributed by atoms with Crippen LogP contribution < -0.4 is 5.32 Å². The van der Waals surface area contributed by atoms with E-state index in [2.05, 4.69) is 78.0 Å². The molecule has 0 bridgehead atoms. The van der Waals surface area contributed by atoms with E-state index in [0.717, 1.165) is 17.9 Å². The highest BCUT2D eigenvalue weighted by molar-refractivity contribution is 5.82. The Kier molecular flexibility index (Phi) is 4.21. The van der Waals surface area contributed by atoms with Crippen molar-refractivity contribution in [2.75, 3.05) is 6.54 Å². The highest BCUT2D eigenvalue weighted by Gasteiger charge is 2.29. The summed E-state index contributed by atoms with van der Waals surface area (Å²) < 4.78 is 6.30. The zero-order chi connectivity index (χ0) is 15.8. The highest BCUT2D eigenvalue weighted by Crippen LogP contribution is 2.38. The molecule has 1 heterocycles. The third-order valence-corrected chi connectivity index (χ3v) is 3.93. The molecule has 2 aromatic rings. The highest BCUT2D eigenvalue weighted by atomic mass is 16.3. The van der Waals surface area contributed by atoms with Gasteiger partial charge >= 0.3 is 0 Å². The zero-order valence-electron chi connectivity index (χ0n) is 14.5. The molecule has 21 heavy (non-hydrogen) atoms. The van der Waals surface area contributed by atoms with Crippen molar-refractivity contribution in [3.05, 3.63) is 35.6 Å². The molecule has 0 aliphatic carbocycles. The molecular formula is C19H29NO. The Morgan fingerprint density at radius 3 is 2.29 bits per heavy atom. The summed E-state index contributed by atoms with van der Waals surface area (Å²) in [6, 6.07) is 8.87.